The van der Waals surface area contributed by atoms with Crippen LogP contribution < -0.4 is 10.1 Å². The highest BCUT2D eigenvalue weighted by atomic mass is 35.5. The van der Waals surface area contributed by atoms with Crippen LogP contribution in [0.25, 0.3) is 0 Å². The van der Waals surface area contributed by atoms with Crippen LogP contribution in [0.4, 0.5) is 13.2 Å². The van der Waals surface area contributed by atoms with Crippen molar-refractivity contribution in [3.05, 3.63) is 52.7 Å². The summed E-state index contributed by atoms with van der Waals surface area (Å²) in [6.07, 6.45) is -3.19. The molecule has 0 atom stereocenters. The van der Waals surface area contributed by atoms with Crippen LogP contribution in [0.2, 0.25) is 5.02 Å². The molecule has 2 amide bonds. The summed E-state index contributed by atoms with van der Waals surface area (Å²) in [7, 11) is 3.86. The molecule has 1 aliphatic rings. The number of alkyl halides is 3. The van der Waals surface area contributed by atoms with Gasteiger partial charge in [-0.2, -0.15) is 13.2 Å². The zero-order chi connectivity index (χ0) is 22.8. The number of nitrogens with zero attached hydrogens (tertiary/aromatic N) is 3. The highest BCUT2D eigenvalue weighted by Gasteiger charge is 2.32. The third-order valence-corrected chi connectivity index (χ3v) is 5.12. The number of hydrogen-bond acceptors (Lipinski definition) is 5. The van der Waals surface area contributed by atoms with E-state index in [9.17, 15) is 22.8 Å². The first-order chi connectivity index (χ1) is 14.6. The van der Waals surface area contributed by atoms with Gasteiger partial charge in [-0.25, -0.2) is 4.98 Å². The Morgan fingerprint density at radius 2 is 2.00 bits per heavy atom. The molecule has 0 spiro atoms. The topological polar surface area (TPSA) is 74.8 Å². The van der Waals surface area contributed by atoms with Crippen molar-refractivity contribution in [2.75, 3.05) is 33.7 Å². The maximum Gasteiger partial charge on any atom is 0.416 e. The summed E-state index contributed by atoms with van der Waals surface area (Å²) in [6.45, 7) is 0.985. The van der Waals surface area contributed by atoms with E-state index in [1.165, 1.54) is 18.3 Å². The van der Waals surface area contributed by atoms with Gasteiger partial charge < -0.3 is 19.9 Å². The lowest BCUT2D eigenvalue weighted by Gasteiger charge is -2.42. The average molecular weight is 457 g/mol. The Morgan fingerprint density at radius 3 is 2.61 bits per heavy atom. The molecule has 7 nitrogen and oxygen atoms in total. The van der Waals surface area contributed by atoms with Crippen molar-refractivity contribution in [1.82, 2.24) is 20.1 Å². The number of carbonyl (C=O) groups excluding carboxylic acids is 2. The van der Waals surface area contributed by atoms with E-state index in [0.29, 0.717) is 19.1 Å². The van der Waals surface area contributed by atoms with Crippen molar-refractivity contribution < 1.29 is 27.5 Å². The number of halogens is 4. The van der Waals surface area contributed by atoms with Gasteiger partial charge >= 0.3 is 6.18 Å². The first-order valence-corrected chi connectivity index (χ1v) is 9.66. The highest BCUT2D eigenvalue weighted by molar-refractivity contribution is 6.32. The van der Waals surface area contributed by atoms with Crippen LogP contribution >= 0.6 is 11.6 Å². The molecule has 31 heavy (non-hydrogen) atoms. The van der Waals surface area contributed by atoms with E-state index < -0.39 is 17.6 Å². The van der Waals surface area contributed by atoms with E-state index in [-0.39, 0.29) is 34.7 Å². The molecule has 2 heterocycles. The SMILES string of the molecule is CN(C)C1CN(C(=O)CNC(=O)c2cccnc2Oc2ccc(C(F)(F)F)cc2Cl)C1. The number of likely N-dealkylation sites (N-methyl/N-ethyl adjacent to an activating group) is 1. The summed E-state index contributed by atoms with van der Waals surface area (Å²) in [5.74, 6) is -1.06. The molecule has 0 bridgehead atoms. The molecule has 1 aliphatic heterocycles. The lowest BCUT2D eigenvalue weighted by Crippen LogP contribution is -2.60. The normalized spacial score (nSPS) is 14.4. The van der Waals surface area contributed by atoms with E-state index in [4.69, 9.17) is 16.3 Å². The molecule has 0 radical (unpaired) electrons. The van der Waals surface area contributed by atoms with Crippen LogP contribution in [0, 0.1) is 0 Å². The summed E-state index contributed by atoms with van der Waals surface area (Å²) >= 11 is 5.90. The fourth-order valence-corrected chi connectivity index (χ4v) is 3.08. The van der Waals surface area contributed by atoms with Gasteiger partial charge in [0.15, 0.2) is 0 Å². The minimum absolute atomic E-state index is 0.0149. The number of aromatic nitrogens is 1. The summed E-state index contributed by atoms with van der Waals surface area (Å²) in [5.41, 5.74) is -0.911. The van der Waals surface area contributed by atoms with Crippen LogP contribution in [0.5, 0.6) is 11.6 Å². The zero-order valence-electron chi connectivity index (χ0n) is 16.7. The Labute approximate surface area is 181 Å². The Balaban J connectivity index is 1.65. The molecular weight excluding hydrogens is 437 g/mol. The van der Waals surface area contributed by atoms with Crippen molar-refractivity contribution >= 4 is 23.4 Å². The summed E-state index contributed by atoms with van der Waals surface area (Å²) in [5, 5.41) is 2.23. The molecular formula is C20H20ClF3N4O3. The molecule has 1 fully saturated rings. The van der Waals surface area contributed by atoms with Gasteiger partial charge in [0.1, 0.15) is 11.3 Å². The van der Waals surface area contributed by atoms with Crippen molar-refractivity contribution in [3.63, 3.8) is 0 Å². The first-order valence-electron chi connectivity index (χ1n) is 9.28. The van der Waals surface area contributed by atoms with Crippen LogP contribution in [0.3, 0.4) is 0 Å². The van der Waals surface area contributed by atoms with E-state index in [1.54, 1.807) is 4.90 Å². The number of ether oxygens (including phenoxy) is 1. The van der Waals surface area contributed by atoms with Gasteiger partial charge in [-0.05, 0) is 44.4 Å². The largest absolute Gasteiger partial charge is 0.437 e. The maximum absolute atomic E-state index is 12.8. The molecule has 1 aromatic carbocycles. The molecule has 0 unspecified atom stereocenters. The molecule has 0 saturated carbocycles. The van der Waals surface area contributed by atoms with Gasteiger partial charge in [0.05, 0.1) is 17.1 Å². The number of pyridine rings is 1. The second-order valence-electron chi connectivity index (χ2n) is 7.20. The number of amides is 2. The monoisotopic (exact) mass is 456 g/mol. The molecule has 0 aliphatic carbocycles. The number of likely N-dealkylation sites (tertiary alicyclic amines) is 1. The lowest BCUT2D eigenvalue weighted by atomic mass is 10.1. The smallest absolute Gasteiger partial charge is 0.416 e. The summed E-state index contributed by atoms with van der Waals surface area (Å²) in [6, 6.07) is 5.81. The van der Waals surface area contributed by atoms with Crippen LogP contribution in [0.1, 0.15) is 15.9 Å². The van der Waals surface area contributed by atoms with Gasteiger partial charge in [-0.15, -0.1) is 0 Å². The fourth-order valence-electron chi connectivity index (χ4n) is 2.86. The van der Waals surface area contributed by atoms with Gasteiger partial charge in [-0.3, -0.25) is 9.59 Å². The first kappa shape index (κ1) is 22.8. The molecule has 1 aromatic heterocycles. The van der Waals surface area contributed by atoms with E-state index in [1.807, 2.05) is 19.0 Å². The van der Waals surface area contributed by atoms with Crippen molar-refractivity contribution in [2.45, 2.75) is 12.2 Å². The highest BCUT2D eigenvalue weighted by Crippen LogP contribution is 2.36. The number of nitrogens with one attached hydrogen (secondary N) is 1. The number of benzene rings is 1. The minimum atomic E-state index is -4.55. The van der Waals surface area contributed by atoms with E-state index >= 15 is 0 Å². The Hall–Kier alpha value is -2.85. The summed E-state index contributed by atoms with van der Waals surface area (Å²) < 4.78 is 43.9. The quantitative estimate of drug-likeness (QED) is 0.723. The van der Waals surface area contributed by atoms with Crippen molar-refractivity contribution in [3.8, 4) is 11.6 Å². The molecule has 3 rings (SSSR count). The van der Waals surface area contributed by atoms with Crippen LogP contribution in [-0.4, -0.2) is 66.4 Å². The molecule has 1 saturated heterocycles. The van der Waals surface area contributed by atoms with Gasteiger partial charge in [-0.1, -0.05) is 11.6 Å². The second-order valence-corrected chi connectivity index (χ2v) is 7.61. The minimum Gasteiger partial charge on any atom is -0.437 e. The standard InChI is InChI=1S/C20H20ClF3N4O3/c1-27(2)13-10-28(11-13)17(29)9-26-18(30)14-4-3-7-25-19(14)31-16-6-5-12(8-15(16)21)20(22,23)24/h3-8,13H,9-11H2,1-2H3,(H,26,30). The number of hydrogen-bond donors (Lipinski definition) is 1. The maximum atomic E-state index is 12.8. The molecule has 2 aromatic rings. The van der Waals surface area contributed by atoms with Gasteiger partial charge in [0.2, 0.25) is 11.8 Å². The van der Waals surface area contributed by atoms with E-state index in [2.05, 4.69) is 10.3 Å². The fraction of sp³-hybridized carbons (Fsp3) is 0.350. The third kappa shape index (κ3) is 5.45. The predicted octanol–water partition coefficient (Wildman–Crippen LogP) is 3.05. The molecule has 11 heteroatoms. The van der Waals surface area contributed by atoms with Crippen LogP contribution in [-0.2, 0) is 11.0 Å². The second kappa shape index (κ2) is 9.11. The zero-order valence-corrected chi connectivity index (χ0v) is 17.5. The van der Waals surface area contributed by atoms with Crippen LogP contribution in [0.15, 0.2) is 36.5 Å². The lowest BCUT2D eigenvalue weighted by molar-refractivity contribution is -0.138. The number of carbonyl (C=O) groups is 2. The van der Waals surface area contributed by atoms with Crippen molar-refractivity contribution in [2.24, 2.45) is 0 Å². The molecule has 166 valence electrons. The van der Waals surface area contributed by atoms with Crippen molar-refractivity contribution in [1.29, 1.82) is 0 Å². The number of rotatable bonds is 6. The molecule has 1 N–H and O–H groups in total. The Bertz CT molecular complexity index is 978. The summed E-state index contributed by atoms with van der Waals surface area (Å²) in [4.78, 5) is 32.4. The predicted molar refractivity (Wildman–Crippen MR) is 107 cm³/mol. The van der Waals surface area contributed by atoms with E-state index in [0.717, 1.165) is 18.2 Å². The third-order valence-electron chi connectivity index (χ3n) is 4.83. The van der Waals surface area contributed by atoms with Gasteiger partial charge in [0.25, 0.3) is 5.91 Å². The van der Waals surface area contributed by atoms with Gasteiger partial charge in [0, 0.05) is 25.3 Å². The Kier molecular flexibility index (Phi) is 6.71. The average Bonchev–Trinajstić information content (AvgIpc) is 2.65. The Morgan fingerprint density at radius 1 is 1.29 bits per heavy atom.